The molecule has 8 nitrogen and oxygen atoms in total. The summed E-state index contributed by atoms with van der Waals surface area (Å²) in [5.74, 6) is 0.147. The molecule has 1 unspecified atom stereocenters. The number of likely N-dealkylation sites (N-methyl/N-ethyl adjacent to an activating group) is 1. The van der Waals surface area contributed by atoms with Crippen LogP contribution in [-0.2, 0) is 21.7 Å². The first-order chi connectivity index (χ1) is 14.7. The van der Waals surface area contributed by atoms with Crippen molar-refractivity contribution in [2.45, 2.75) is 19.0 Å². The molecule has 2 aliphatic heterocycles. The fourth-order valence-corrected chi connectivity index (χ4v) is 3.82. The van der Waals surface area contributed by atoms with Gasteiger partial charge in [-0.25, -0.2) is 4.79 Å². The zero-order valence-corrected chi connectivity index (χ0v) is 18.3. The quantitative estimate of drug-likeness (QED) is 0.688. The van der Waals surface area contributed by atoms with Crippen molar-refractivity contribution in [1.29, 1.82) is 0 Å². The number of benzene rings is 2. The number of nitrogens with one attached hydrogen (secondary N) is 1. The van der Waals surface area contributed by atoms with Crippen molar-refractivity contribution in [3.8, 4) is 11.5 Å². The van der Waals surface area contributed by atoms with Gasteiger partial charge in [-0.1, -0.05) is 35.3 Å². The molecule has 31 heavy (non-hydrogen) atoms. The van der Waals surface area contributed by atoms with Crippen molar-refractivity contribution in [2.75, 3.05) is 20.4 Å². The van der Waals surface area contributed by atoms with Gasteiger partial charge >= 0.3 is 6.03 Å². The summed E-state index contributed by atoms with van der Waals surface area (Å²) in [4.78, 5) is 40.7. The Hall–Kier alpha value is -2.97. The zero-order valence-electron chi connectivity index (χ0n) is 16.8. The standard InChI is InChI=1S/C21H19Cl2N3O5/c1-21(13-4-6-16-17(8-13)31-11-30-16)19(28)26(20(29)24-21)10-18(27)25(2)9-12-3-5-14(22)15(23)7-12/h3-8H,9-11H2,1-2H3,(H,24,29). The van der Waals surface area contributed by atoms with Gasteiger partial charge in [0.05, 0.1) is 10.0 Å². The number of ether oxygens (including phenoxy) is 2. The van der Waals surface area contributed by atoms with Gasteiger partial charge in [0, 0.05) is 13.6 Å². The average molecular weight is 464 g/mol. The first kappa shape index (κ1) is 21.3. The topological polar surface area (TPSA) is 88.2 Å². The maximum absolute atomic E-state index is 13.1. The first-order valence-electron chi connectivity index (χ1n) is 9.41. The second kappa shape index (κ2) is 7.94. The predicted octanol–water partition coefficient (Wildman–Crippen LogP) is 3.15. The number of nitrogens with zero attached hydrogens (tertiary/aromatic N) is 2. The van der Waals surface area contributed by atoms with E-state index in [4.69, 9.17) is 32.7 Å². The maximum Gasteiger partial charge on any atom is 0.325 e. The lowest BCUT2D eigenvalue weighted by Gasteiger charge is -2.23. The first-order valence-corrected chi connectivity index (χ1v) is 10.2. The number of rotatable bonds is 5. The smallest absolute Gasteiger partial charge is 0.325 e. The molecule has 0 saturated carbocycles. The fraction of sp³-hybridized carbons (Fsp3) is 0.286. The molecule has 1 N–H and O–H groups in total. The van der Waals surface area contributed by atoms with Gasteiger partial charge in [-0.2, -0.15) is 0 Å². The molecule has 2 heterocycles. The molecule has 1 atom stereocenters. The Morgan fingerprint density at radius 3 is 2.61 bits per heavy atom. The molecule has 1 fully saturated rings. The molecule has 2 aromatic rings. The van der Waals surface area contributed by atoms with Gasteiger partial charge in [-0.15, -0.1) is 0 Å². The molecule has 4 amide bonds. The summed E-state index contributed by atoms with van der Waals surface area (Å²) < 4.78 is 10.7. The predicted molar refractivity (Wildman–Crippen MR) is 113 cm³/mol. The number of hydrogen-bond acceptors (Lipinski definition) is 5. The summed E-state index contributed by atoms with van der Waals surface area (Å²) in [5.41, 5.74) is -0.0116. The van der Waals surface area contributed by atoms with E-state index in [1.807, 2.05) is 0 Å². The van der Waals surface area contributed by atoms with Gasteiger partial charge in [0.2, 0.25) is 12.7 Å². The number of halogens is 2. The van der Waals surface area contributed by atoms with Gasteiger partial charge in [0.15, 0.2) is 11.5 Å². The van der Waals surface area contributed by atoms with Gasteiger partial charge in [-0.3, -0.25) is 14.5 Å². The van der Waals surface area contributed by atoms with E-state index in [-0.39, 0.29) is 19.9 Å². The number of imide groups is 1. The van der Waals surface area contributed by atoms with Crippen molar-refractivity contribution in [2.24, 2.45) is 0 Å². The summed E-state index contributed by atoms with van der Waals surface area (Å²) in [6, 6.07) is 9.45. The van der Waals surface area contributed by atoms with Crippen LogP contribution in [0.4, 0.5) is 4.79 Å². The molecule has 162 valence electrons. The number of carbonyl (C=O) groups is 3. The van der Waals surface area contributed by atoms with Crippen molar-refractivity contribution >= 4 is 41.0 Å². The van der Waals surface area contributed by atoms with E-state index in [9.17, 15) is 14.4 Å². The Kier molecular flexibility index (Phi) is 5.45. The molecule has 0 bridgehead atoms. The van der Waals surface area contributed by atoms with Gasteiger partial charge in [0.25, 0.3) is 5.91 Å². The lowest BCUT2D eigenvalue weighted by atomic mass is 9.91. The van der Waals surface area contributed by atoms with Crippen LogP contribution in [0.25, 0.3) is 0 Å². The number of hydrogen-bond donors (Lipinski definition) is 1. The molecule has 0 spiro atoms. The molecule has 1 saturated heterocycles. The van der Waals surface area contributed by atoms with E-state index in [1.165, 1.54) is 4.90 Å². The molecule has 0 radical (unpaired) electrons. The fourth-order valence-electron chi connectivity index (χ4n) is 3.50. The molecule has 2 aliphatic rings. The lowest BCUT2D eigenvalue weighted by Crippen LogP contribution is -2.43. The molecule has 0 aromatic heterocycles. The van der Waals surface area contributed by atoms with E-state index in [0.717, 1.165) is 10.5 Å². The number of carbonyl (C=O) groups excluding carboxylic acids is 3. The van der Waals surface area contributed by atoms with Crippen molar-refractivity contribution in [3.63, 3.8) is 0 Å². The van der Waals surface area contributed by atoms with Gasteiger partial charge in [0.1, 0.15) is 12.1 Å². The highest BCUT2D eigenvalue weighted by molar-refractivity contribution is 6.42. The minimum absolute atomic E-state index is 0.0988. The molecule has 10 heteroatoms. The van der Waals surface area contributed by atoms with Gasteiger partial charge in [-0.05, 0) is 42.3 Å². The SMILES string of the molecule is CN(Cc1ccc(Cl)c(Cl)c1)C(=O)CN1C(=O)NC(C)(c2ccc3c(c2)OCO3)C1=O. The van der Waals surface area contributed by atoms with Crippen molar-refractivity contribution in [3.05, 3.63) is 57.6 Å². The summed E-state index contributed by atoms with van der Waals surface area (Å²) >= 11 is 11.9. The van der Waals surface area contributed by atoms with Crippen LogP contribution in [-0.4, -0.2) is 48.0 Å². The Labute approximate surface area is 188 Å². The van der Waals surface area contributed by atoms with E-state index in [2.05, 4.69) is 5.32 Å². The number of amides is 4. The maximum atomic E-state index is 13.1. The third-order valence-electron chi connectivity index (χ3n) is 5.35. The van der Waals surface area contributed by atoms with E-state index in [1.54, 1.807) is 50.4 Å². The average Bonchev–Trinajstić information content (AvgIpc) is 3.29. The Balaban J connectivity index is 1.47. The molecule has 2 aromatic carbocycles. The highest BCUT2D eigenvalue weighted by Gasteiger charge is 2.50. The summed E-state index contributed by atoms with van der Waals surface area (Å²) in [6.45, 7) is 1.55. The minimum Gasteiger partial charge on any atom is -0.454 e. The molecule has 4 rings (SSSR count). The van der Waals surface area contributed by atoms with Crippen LogP contribution in [0.5, 0.6) is 11.5 Å². The minimum atomic E-state index is -1.32. The highest BCUT2D eigenvalue weighted by atomic mass is 35.5. The third-order valence-corrected chi connectivity index (χ3v) is 6.09. The third kappa shape index (κ3) is 3.88. The number of urea groups is 1. The van der Waals surface area contributed by atoms with E-state index in [0.29, 0.717) is 27.1 Å². The van der Waals surface area contributed by atoms with Crippen LogP contribution in [0.3, 0.4) is 0 Å². The summed E-state index contributed by atoms with van der Waals surface area (Å²) in [7, 11) is 1.58. The molecular weight excluding hydrogens is 445 g/mol. The Morgan fingerprint density at radius 1 is 1.13 bits per heavy atom. The lowest BCUT2D eigenvalue weighted by molar-refractivity contribution is -0.138. The molecule has 0 aliphatic carbocycles. The van der Waals surface area contributed by atoms with Crippen LogP contribution in [0.1, 0.15) is 18.1 Å². The normalized spacial score (nSPS) is 19.5. The zero-order chi connectivity index (χ0) is 22.3. The monoisotopic (exact) mass is 463 g/mol. The Morgan fingerprint density at radius 2 is 1.87 bits per heavy atom. The highest BCUT2D eigenvalue weighted by Crippen LogP contribution is 2.37. The second-order valence-corrected chi connectivity index (χ2v) is 8.33. The Bertz CT molecular complexity index is 1090. The van der Waals surface area contributed by atoms with Crippen LogP contribution in [0, 0.1) is 0 Å². The van der Waals surface area contributed by atoms with Crippen LogP contribution < -0.4 is 14.8 Å². The summed E-state index contributed by atoms with van der Waals surface area (Å²) in [5, 5.41) is 3.48. The van der Waals surface area contributed by atoms with E-state index < -0.39 is 23.4 Å². The van der Waals surface area contributed by atoms with Crippen molar-refractivity contribution < 1.29 is 23.9 Å². The van der Waals surface area contributed by atoms with Crippen LogP contribution in [0.15, 0.2) is 36.4 Å². The van der Waals surface area contributed by atoms with Crippen molar-refractivity contribution in [1.82, 2.24) is 15.1 Å². The van der Waals surface area contributed by atoms with Gasteiger partial charge < -0.3 is 19.7 Å². The van der Waals surface area contributed by atoms with E-state index >= 15 is 0 Å². The largest absolute Gasteiger partial charge is 0.454 e. The number of fused-ring (bicyclic) bond motifs is 1. The van der Waals surface area contributed by atoms with Crippen LogP contribution in [0.2, 0.25) is 10.0 Å². The second-order valence-electron chi connectivity index (χ2n) is 7.51. The van der Waals surface area contributed by atoms with Crippen LogP contribution >= 0.6 is 23.2 Å². The molecular formula is C21H19Cl2N3O5. The summed E-state index contributed by atoms with van der Waals surface area (Å²) in [6.07, 6.45) is 0.